The first kappa shape index (κ1) is 57.8. The molecular formula is C51H42N6O20S4. The normalized spacial score (nSPS) is 12.6. The molecular weight excluding hydrogens is 1140 g/mol. The van der Waals surface area contributed by atoms with Gasteiger partial charge in [-0.25, -0.2) is 35.6 Å². The van der Waals surface area contributed by atoms with Gasteiger partial charge in [0, 0.05) is 69.8 Å². The third-order valence-corrected chi connectivity index (χ3v) is 17.2. The summed E-state index contributed by atoms with van der Waals surface area (Å²) in [6, 6.07) is 17.2. The standard InChI is InChI=1S/C51H42N6O20S4/c1-22-13-24(3)46(54-79(70,71)41-18-29(56(64)65)16-34(48(41)58)50(60)61)26(5)44(22)52-28-11-12-31-37(15-28)77-38-21-36(39(78(68)69)20-33(38)43(31)32-9-7-8-10-40(32)81(74,75)76)53-45-23(2)14-25(4)47(27(45)6)55-80(72,73)42-19-30(57(66)67)17-35(49(42)59)51(62)63/h7-21,52,54-55,58-59H,1-6H3,(H,60,61)(H,62,63)(H,68,69)(H,74,75,76)/b53-36+. The summed E-state index contributed by atoms with van der Waals surface area (Å²) >= 11 is -2.89. The number of carbonyl (C=O) groups is 2. The number of nitro groups is 2. The number of hydrogen-bond donors (Lipinski definition) is 9. The molecule has 1 aliphatic carbocycles. The van der Waals surface area contributed by atoms with Crippen molar-refractivity contribution < 1.29 is 82.8 Å². The summed E-state index contributed by atoms with van der Waals surface area (Å²) in [7, 11) is -15.0. The van der Waals surface area contributed by atoms with Crippen LogP contribution in [0.2, 0.25) is 0 Å². The molecule has 0 radical (unpaired) electrons. The number of aromatic hydroxyl groups is 2. The molecule has 81 heavy (non-hydrogen) atoms. The van der Waals surface area contributed by atoms with Gasteiger partial charge in [-0.2, -0.15) is 8.42 Å². The van der Waals surface area contributed by atoms with E-state index in [1.165, 1.54) is 75.4 Å². The highest BCUT2D eigenvalue weighted by molar-refractivity contribution is 7.93. The van der Waals surface area contributed by atoms with Crippen LogP contribution in [0, 0.1) is 61.8 Å². The second kappa shape index (κ2) is 21.0. The van der Waals surface area contributed by atoms with Gasteiger partial charge >= 0.3 is 11.9 Å². The number of non-ortho nitro benzene ring substituents is 2. The Kier molecular flexibility index (Phi) is 15.0. The topological polar surface area (TPSA) is 423 Å². The molecule has 420 valence electrons. The van der Waals surface area contributed by atoms with Crippen LogP contribution < -0.4 is 20.1 Å². The van der Waals surface area contributed by atoms with E-state index in [0.29, 0.717) is 46.6 Å². The van der Waals surface area contributed by atoms with Crippen molar-refractivity contribution in [3.8, 4) is 33.9 Å². The van der Waals surface area contributed by atoms with E-state index in [-0.39, 0.29) is 83.1 Å². The lowest BCUT2D eigenvalue weighted by atomic mass is 9.93. The van der Waals surface area contributed by atoms with Crippen molar-refractivity contribution in [2.45, 2.75) is 61.1 Å². The van der Waals surface area contributed by atoms with Crippen molar-refractivity contribution in [2.24, 2.45) is 4.99 Å². The Morgan fingerprint density at radius 3 is 1.64 bits per heavy atom. The van der Waals surface area contributed by atoms with E-state index in [0.717, 1.165) is 6.07 Å². The fraction of sp³-hybridized carbons (Fsp3) is 0.118. The number of aromatic carboxylic acids is 2. The molecule has 0 amide bonds. The number of carboxylic acid groups (broad SMARTS) is 2. The Morgan fingerprint density at radius 1 is 0.630 bits per heavy atom. The Bertz CT molecular complexity index is 4540. The van der Waals surface area contributed by atoms with Crippen LogP contribution in [0.4, 0.5) is 39.8 Å². The largest absolute Gasteiger partial charge is 0.506 e. The number of anilines is 4. The summed E-state index contributed by atoms with van der Waals surface area (Å²) in [5.41, 5.74) is -1.93. The SMILES string of the molecule is Cc1cc(C)c(NS(=O)(=O)c2cc([N+](=O)[O-])cc(C(=O)O)c2O)c(C)c1/N=c1\cc2oc3cc(Nc4c(C)cc(C)c(NS(=O)(=O)c5cc([N+](=O)[O-])cc(C(=O)O)c5O)c4C)ccc3c(-c3ccccc3S(=O)(=O)O)c-2cc1S(=O)O. The Hall–Kier alpha value is -9.33. The summed E-state index contributed by atoms with van der Waals surface area (Å²) in [5.74, 6) is -6.36. The van der Waals surface area contributed by atoms with Gasteiger partial charge in [-0.05, 0) is 99.2 Å². The Labute approximate surface area is 460 Å². The van der Waals surface area contributed by atoms with Crippen LogP contribution in [0.15, 0.2) is 120 Å². The molecule has 1 aliphatic heterocycles. The molecule has 0 spiro atoms. The summed E-state index contributed by atoms with van der Waals surface area (Å²) in [4.78, 5) is 46.5. The van der Waals surface area contributed by atoms with E-state index in [9.17, 15) is 88.8 Å². The smallest absolute Gasteiger partial charge is 0.339 e. The molecule has 30 heteroatoms. The predicted molar refractivity (Wildman–Crippen MR) is 292 cm³/mol. The van der Waals surface area contributed by atoms with Crippen molar-refractivity contribution in [3.05, 3.63) is 161 Å². The maximum absolute atomic E-state index is 13.9. The minimum Gasteiger partial charge on any atom is -0.506 e. The van der Waals surface area contributed by atoms with Gasteiger partial charge in [0.05, 0.1) is 37.2 Å². The van der Waals surface area contributed by atoms with Gasteiger partial charge in [0.2, 0.25) is 0 Å². The minimum atomic E-state index is -5.03. The molecule has 0 bridgehead atoms. The summed E-state index contributed by atoms with van der Waals surface area (Å²) < 4.78 is 127. The van der Waals surface area contributed by atoms with Crippen LogP contribution in [-0.4, -0.2) is 80.8 Å². The number of nitro benzene ring substituents is 2. The number of hydrogen-bond acceptors (Lipinski definition) is 18. The number of phenols is 2. The second-order valence-corrected chi connectivity index (χ2v) is 23.9. The molecule has 0 fully saturated rings. The van der Waals surface area contributed by atoms with Gasteiger partial charge in [0.1, 0.15) is 37.2 Å². The maximum Gasteiger partial charge on any atom is 0.339 e. The number of fused-ring (bicyclic) bond motifs is 2. The fourth-order valence-electron chi connectivity index (χ4n) is 9.22. The van der Waals surface area contributed by atoms with Gasteiger partial charge in [0.15, 0.2) is 22.6 Å². The minimum absolute atomic E-state index is 0.000416. The third-order valence-electron chi connectivity index (χ3n) is 12.9. The quantitative estimate of drug-likeness (QED) is 0.0143. The molecule has 1 unspecified atom stereocenters. The van der Waals surface area contributed by atoms with Gasteiger partial charge in [-0.3, -0.25) is 34.2 Å². The number of benzene rings is 7. The van der Waals surface area contributed by atoms with Crippen LogP contribution in [0.3, 0.4) is 0 Å². The molecule has 0 saturated heterocycles. The number of nitrogens with one attached hydrogen (secondary N) is 3. The molecule has 1 atom stereocenters. The summed E-state index contributed by atoms with van der Waals surface area (Å²) in [6.45, 7) is 9.20. The fourth-order valence-corrected chi connectivity index (χ4v) is 13.1. The second-order valence-electron chi connectivity index (χ2n) is 18.2. The molecule has 1 heterocycles. The van der Waals surface area contributed by atoms with Crippen molar-refractivity contribution in [1.29, 1.82) is 0 Å². The van der Waals surface area contributed by atoms with E-state index in [4.69, 9.17) is 9.41 Å². The van der Waals surface area contributed by atoms with Crippen LogP contribution in [0.1, 0.15) is 54.1 Å². The zero-order valence-corrected chi connectivity index (χ0v) is 45.8. The third kappa shape index (κ3) is 10.9. The maximum atomic E-state index is 13.9. The Morgan fingerprint density at radius 2 is 1.14 bits per heavy atom. The number of rotatable bonds is 16. The van der Waals surface area contributed by atoms with E-state index >= 15 is 0 Å². The van der Waals surface area contributed by atoms with Crippen LogP contribution in [-0.2, 0) is 41.2 Å². The molecule has 2 aliphatic rings. The van der Waals surface area contributed by atoms with Crippen LogP contribution >= 0.6 is 0 Å². The van der Waals surface area contributed by atoms with E-state index in [2.05, 4.69) is 14.8 Å². The van der Waals surface area contributed by atoms with E-state index < -0.39 is 112 Å². The monoisotopic (exact) mass is 1190 g/mol. The average molecular weight is 1190 g/mol. The van der Waals surface area contributed by atoms with E-state index in [1.54, 1.807) is 26.8 Å². The molecule has 9 N–H and O–H groups in total. The average Bonchev–Trinajstić information content (AvgIpc) is 3.59. The molecule has 6 aromatic rings. The molecule has 0 saturated carbocycles. The van der Waals surface area contributed by atoms with Crippen LogP contribution in [0.5, 0.6) is 11.5 Å². The lowest BCUT2D eigenvalue weighted by Crippen LogP contribution is -2.17. The van der Waals surface area contributed by atoms with Crippen molar-refractivity contribution in [2.75, 3.05) is 14.8 Å². The lowest BCUT2D eigenvalue weighted by molar-refractivity contribution is -0.385. The first-order chi connectivity index (χ1) is 37.7. The molecule has 26 nitrogen and oxygen atoms in total. The first-order valence-corrected chi connectivity index (χ1v) is 28.5. The number of carboxylic acids is 2. The number of sulfonamides is 2. The van der Waals surface area contributed by atoms with Crippen molar-refractivity contribution in [1.82, 2.24) is 0 Å². The first-order valence-electron chi connectivity index (χ1n) is 23.0. The van der Waals surface area contributed by atoms with Gasteiger partial charge in [-0.15, -0.1) is 0 Å². The predicted octanol–water partition coefficient (Wildman–Crippen LogP) is 9.08. The zero-order chi connectivity index (χ0) is 59.7. The van der Waals surface area contributed by atoms with Crippen molar-refractivity contribution in [3.63, 3.8) is 0 Å². The molecule has 0 aromatic heterocycles. The van der Waals surface area contributed by atoms with Gasteiger partial charge in [0.25, 0.3) is 41.5 Å². The summed E-state index contributed by atoms with van der Waals surface area (Å²) in [6.07, 6.45) is 0. The summed E-state index contributed by atoms with van der Waals surface area (Å²) in [5, 5.41) is 67.1. The highest BCUT2D eigenvalue weighted by Crippen LogP contribution is 2.45. The number of aryl methyl sites for hydroxylation is 4. The molecule has 8 rings (SSSR count). The lowest BCUT2D eigenvalue weighted by Gasteiger charge is -2.21. The highest BCUT2D eigenvalue weighted by atomic mass is 32.2. The van der Waals surface area contributed by atoms with Gasteiger partial charge < -0.3 is 34.7 Å². The molecule has 6 aromatic carbocycles. The van der Waals surface area contributed by atoms with Gasteiger partial charge in [-0.1, -0.05) is 30.3 Å². The zero-order valence-electron chi connectivity index (χ0n) is 42.5. The van der Waals surface area contributed by atoms with E-state index in [1.807, 2.05) is 0 Å². The van der Waals surface area contributed by atoms with Crippen LogP contribution in [0.25, 0.3) is 33.4 Å². The highest BCUT2D eigenvalue weighted by Gasteiger charge is 2.32. The number of nitrogens with zero attached hydrogens (tertiary/aromatic N) is 3. The Balaban J connectivity index is 1.31. The van der Waals surface area contributed by atoms with Crippen molar-refractivity contribution >= 4 is 104 Å².